The summed E-state index contributed by atoms with van der Waals surface area (Å²) in [5.74, 6) is -0.251. The quantitative estimate of drug-likeness (QED) is 0.862. The number of rotatable bonds is 5. The number of halogens is 1. The minimum absolute atomic E-state index is 0.0475. The standard InChI is InChI=1S/C15H22BrN3O/c1-2-13(17)14(10-4-3-5-12(16)8-10)19-7-6-11(9-19)15(18)20/h3-5,8,11,13-14H,2,6-7,9,17H2,1H3,(H2,18,20). The van der Waals surface area contributed by atoms with Crippen molar-refractivity contribution < 1.29 is 4.79 Å². The Bertz CT molecular complexity index is 480. The van der Waals surface area contributed by atoms with Crippen molar-refractivity contribution in [3.05, 3.63) is 34.3 Å². The first-order valence-electron chi connectivity index (χ1n) is 7.07. The summed E-state index contributed by atoms with van der Waals surface area (Å²) < 4.78 is 1.05. The van der Waals surface area contributed by atoms with Crippen LogP contribution in [0.5, 0.6) is 0 Å². The molecule has 0 bridgehead atoms. The van der Waals surface area contributed by atoms with E-state index >= 15 is 0 Å². The first kappa shape index (κ1) is 15.5. The summed E-state index contributed by atoms with van der Waals surface area (Å²) in [4.78, 5) is 13.7. The molecule has 4 nitrogen and oxygen atoms in total. The number of hydrogen-bond acceptors (Lipinski definition) is 3. The molecule has 1 aliphatic rings. The van der Waals surface area contributed by atoms with E-state index in [1.54, 1.807) is 0 Å². The smallest absolute Gasteiger partial charge is 0.221 e. The molecule has 0 aromatic heterocycles. The third-order valence-corrected chi connectivity index (χ3v) is 4.58. The summed E-state index contributed by atoms with van der Waals surface area (Å²) in [6.07, 6.45) is 1.73. The van der Waals surface area contributed by atoms with Crippen LogP contribution in [0.3, 0.4) is 0 Å². The van der Waals surface area contributed by atoms with E-state index in [1.807, 2.05) is 12.1 Å². The largest absolute Gasteiger partial charge is 0.369 e. The maximum absolute atomic E-state index is 11.4. The van der Waals surface area contributed by atoms with Gasteiger partial charge in [-0.05, 0) is 37.1 Å². The number of amides is 1. The van der Waals surface area contributed by atoms with Crippen LogP contribution in [-0.4, -0.2) is 29.9 Å². The van der Waals surface area contributed by atoms with Crippen LogP contribution in [0.25, 0.3) is 0 Å². The number of hydrogen-bond donors (Lipinski definition) is 2. The third-order valence-electron chi connectivity index (χ3n) is 4.08. The Morgan fingerprint density at radius 2 is 2.30 bits per heavy atom. The lowest BCUT2D eigenvalue weighted by Crippen LogP contribution is -2.40. The molecule has 1 aromatic rings. The van der Waals surface area contributed by atoms with Gasteiger partial charge < -0.3 is 11.5 Å². The summed E-state index contributed by atoms with van der Waals surface area (Å²) in [5.41, 5.74) is 12.9. The zero-order chi connectivity index (χ0) is 14.7. The molecule has 0 aliphatic carbocycles. The first-order chi connectivity index (χ1) is 9.52. The van der Waals surface area contributed by atoms with Gasteiger partial charge in [-0.2, -0.15) is 0 Å². The van der Waals surface area contributed by atoms with Crippen LogP contribution in [0.4, 0.5) is 0 Å². The molecule has 4 N–H and O–H groups in total. The minimum atomic E-state index is -0.203. The van der Waals surface area contributed by atoms with Crippen LogP contribution in [0.1, 0.15) is 31.4 Å². The van der Waals surface area contributed by atoms with Crippen LogP contribution < -0.4 is 11.5 Å². The predicted molar refractivity (Wildman–Crippen MR) is 84.0 cm³/mol. The maximum Gasteiger partial charge on any atom is 0.221 e. The van der Waals surface area contributed by atoms with Crippen molar-refractivity contribution in [2.24, 2.45) is 17.4 Å². The fourth-order valence-electron chi connectivity index (χ4n) is 2.91. The zero-order valence-electron chi connectivity index (χ0n) is 11.8. The van der Waals surface area contributed by atoms with Gasteiger partial charge in [0.1, 0.15) is 0 Å². The number of likely N-dealkylation sites (tertiary alicyclic amines) is 1. The zero-order valence-corrected chi connectivity index (χ0v) is 13.3. The van der Waals surface area contributed by atoms with Crippen molar-refractivity contribution in [1.29, 1.82) is 0 Å². The minimum Gasteiger partial charge on any atom is -0.369 e. The molecule has 1 aromatic carbocycles. The second-order valence-electron chi connectivity index (χ2n) is 5.45. The second-order valence-corrected chi connectivity index (χ2v) is 6.37. The molecule has 5 heteroatoms. The molecule has 1 amide bonds. The lowest BCUT2D eigenvalue weighted by Gasteiger charge is -2.32. The Balaban J connectivity index is 2.23. The van der Waals surface area contributed by atoms with E-state index in [2.05, 4.69) is 39.9 Å². The highest BCUT2D eigenvalue weighted by molar-refractivity contribution is 9.10. The molecule has 1 saturated heterocycles. The normalized spacial score (nSPS) is 22.6. The van der Waals surface area contributed by atoms with Crippen LogP contribution in [0, 0.1) is 5.92 Å². The molecule has 3 unspecified atom stereocenters. The lowest BCUT2D eigenvalue weighted by molar-refractivity contribution is -0.121. The summed E-state index contributed by atoms with van der Waals surface area (Å²) in [6, 6.07) is 8.43. The Kier molecular flexibility index (Phi) is 5.18. The molecular formula is C15H22BrN3O. The SMILES string of the molecule is CCC(N)C(c1cccc(Br)c1)N1CCC(C(N)=O)C1. The molecule has 2 rings (SSSR count). The number of nitrogens with two attached hydrogens (primary N) is 2. The Labute approximate surface area is 128 Å². The topological polar surface area (TPSA) is 72.3 Å². The van der Waals surface area contributed by atoms with Crippen molar-refractivity contribution in [2.45, 2.75) is 31.8 Å². The number of primary amides is 1. The molecule has 0 radical (unpaired) electrons. The summed E-state index contributed by atoms with van der Waals surface area (Å²) in [6.45, 7) is 3.68. The van der Waals surface area contributed by atoms with Crippen molar-refractivity contribution in [3.8, 4) is 0 Å². The molecular weight excluding hydrogens is 318 g/mol. The summed E-state index contributed by atoms with van der Waals surface area (Å²) in [7, 11) is 0. The molecule has 110 valence electrons. The summed E-state index contributed by atoms with van der Waals surface area (Å²) in [5, 5.41) is 0. The van der Waals surface area contributed by atoms with Crippen LogP contribution in [-0.2, 0) is 4.79 Å². The van der Waals surface area contributed by atoms with Gasteiger partial charge in [-0.1, -0.05) is 35.0 Å². The van der Waals surface area contributed by atoms with Crippen molar-refractivity contribution in [1.82, 2.24) is 4.90 Å². The molecule has 1 heterocycles. The molecule has 3 atom stereocenters. The number of carbonyl (C=O) groups is 1. The highest BCUT2D eigenvalue weighted by atomic mass is 79.9. The predicted octanol–water partition coefficient (Wildman–Crippen LogP) is 2.03. The van der Waals surface area contributed by atoms with E-state index in [9.17, 15) is 4.79 Å². The maximum atomic E-state index is 11.4. The van der Waals surface area contributed by atoms with Crippen LogP contribution in [0.15, 0.2) is 28.7 Å². The number of nitrogens with zero attached hydrogens (tertiary/aromatic N) is 1. The average Bonchev–Trinajstić information content (AvgIpc) is 2.88. The van der Waals surface area contributed by atoms with Gasteiger partial charge in [0.05, 0.1) is 5.92 Å². The van der Waals surface area contributed by atoms with Crippen molar-refractivity contribution >= 4 is 21.8 Å². The monoisotopic (exact) mass is 339 g/mol. The van der Waals surface area contributed by atoms with Crippen molar-refractivity contribution in [2.75, 3.05) is 13.1 Å². The molecule has 20 heavy (non-hydrogen) atoms. The van der Waals surface area contributed by atoms with Crippen LogP contribution >= 0.6 is 15.9 Å². The van der Waals surface area contributed by atoms with Gasteiger partial charge in [-0.25, -0.2) is 0 Å². The van der Waals surface area contributed by atoms with E-state index in [-0.39, 0.29) is 23.9 Å². The van der Waals surface area contributed by atoms with E-state index in [0.29, 0.717) is 6.54 Å². The van der Waals surface area contributed by atoms with Gasteiger partial charge in [0, 0.05) is 23.1 Å². The molecule has 1 aliphatic heterocycles. The van der Waals surface area contributed by atoms with E-state index in [0.717, 1.165) is 23.9 Å². The molecule has 0 saturated carbocycles. The van der Waals surface area contributed by atoms with Gasteiger partial charge >= 0.3 is 0 Å². The van der Waals surface area contributed by atoms with E-state index in [1.165, 1.54) is 5.56 Å². The molecule has 1 fully saturated rings. The highest BCUT2D eigenvalue weighted by Gasteiger charge is 2.34. The van der Waals surface area contributed by atoms with Crippen molar-refractivity contribution in [3.63, 3.8) is 0 Å². The average molecular weight is 340 g/mol. The molecule has 0 spiro atoms. The van der Waals surface area contributed by atoms with Gasteiger partial charge in [-0.3, -0.25) is 9.69 Å². The second kappa shape index (κ2) is 6.70. The Morgan fingerprint density at radius 3 is 2.85 bits per heavy atom. The van der Waals surface area contributed by atoms with Gasteiger partial charge in [-0.15, -0.1) is 0 Å². The first-order valence-corrected chi connectivity index (χ1v) is 7.86. The fraction of sp³-hybridized carbons (Fsp3) is 0.533. The van der Waals surface area contributed by atoms with E-state index < -0.39 is 0 Å². The lowest BCUT2D eigenvalue weighted by atomic mass is 9.96. The Morgan fingerprint density at radius 1 is 1.55 bits per heavy atom. The van der Waals surface area contributed by atoms with Gasteiger partial charge in [0.2, 0.25) is 5.91 Å². The highest BCUT2D eigenvalue weighted by Crippen LogP contribution is 2.31. The van der Waals surface area contributed by atoms with E-state index in [4.69, 9.17) is 11.5 Å². The fourth-order valence-corrected chi connectivity index (χ4v) is 3.33. The third kappa shape index (κ3) is 3.40. The van der Waals surface area contributed by atoms with Crippen LogP contribution in [0.2, 0.25) is 0 Å². The number of carbonyl (C=O) groups excluding carboxylic acids is 1. The Hall–Kier alpha value is -0.910. The van der Waals surface area contributed by atoms with Gasteiger partial charge in [0.15, 0.2) is 0 Å². The number of benzene rings is 1. The summed E-state index contributed by atoms with van der Waals surface area (Å²) >= 11 is 3.51. The van der Waals surface area contributed by atoms with Gasteiger partial charge in [0.25, 0.3) is 0 Å².